The van der Waals surface area contributed by atoms with E-state index in [2.05, 4.69) is 15.3 Å². The number of rotatable bonds is 5. The normalized spacial score (nSPS) is 20.5. The fourth-order valence-electron chi connectivity index (χ4n) is 3.13. The first kappa shape index (κ1) is 16.6. The summed E-state index contributed by atoms with van der Waals surface area (Å²) in [6, 6.07) is 11.9. The van der Waals surface area contributed by atoms with Crippen LogP contribution in [-0.4, -0.2) is 33.6 Å². The van der Waals surface area contributed by atoms with Gasteiger partial charge in [-0.15, -0.1) is 0 Å². The molecule has 1 aliphatic carbocycles. The standard InChI is InChI=1S/C19H23N3O2/c23-16-8-4-7-15(13-16)19(24)21-12-10-18-20-11-9-17(22-18)14-5-2-1-3-6-14/h1-3,5-6,9,11,15-16,23H,4,7-8,10,12-13H2,(H,21,24)/t15-,16+/m0/s1. The van der Waals surface area contributed by atoms with Crippen LogP contribution in [0.2, 0.25) is 0 Å². The van der Waals surface area contributed by atoms with E-state index in [1.165, 1.54) is 0 Å². The van der Waals surface area contributed by atoms with Crippen molar-refractivity contribution in [2.24, 2.45) is 5.92 Å². The average Bonchev–Trinajstić information content (AvgIpc) is 2.63. The van der Waals surface area contributed by atoms with E-state index in [1.807, 2.05) is 36.4 Å². The lowest BCUT2D eigenvalue weighted by Crippen LogP contribution is -2.36. The first-order chi connectivity index (χ1) is 11.7. The molecule has 1 amide bonds. The van der Waals surface area contributed by atoms with Gasteiger partial charge >= 0.3 is 0 Å². The van der Waals surface area contributed by atoms with E-state index in [-0.39, 0.29) is 17.9 Å². The Kier molecular flexibility index (Phi) is 5.54. The number of benzene rings is 1. The lowest BCUT2D eigenvalue weighted by Gasteiger charge is -2.24. The van der Waals surface area contributed by atoms with Crippen LogP contribution in [0.4, 0.5) is 0 Å². The fourth-order valence-corrected chi connectivity index (χ4v) is 3.13. The summed E-state index contributed by atoms with van der Waals surface area (Å²) in [5.41, 5.74) is 1.95. The second kappa shape index (κ2) is 8.02. The lowest BCUT2D eigenvalue weighted by molar-refractivity contribution is -0.127. The Morgan fingerprint density at radius 3 is 2.83 bits per heavy atom. The van der Waals surface area contributed by atoms with Crippen LogP contribution in [0.3, 0.4) is 0 Å². The Labute approximate surface area is 142 Å². The smallest absolute Gasteiger partial charge is 0.223 e. The van der Waals surface area contributed by atoms with Crippen molar-refractivity contribution in [3.8, 4) is 11.3 Å². The van der Waals surface area contributed by atoms with E-state index in [1.54, 1.807) is 6.20 Å². The number of aliphatic hydroxyl groups is 1. The molecule has 1 heterocycles. The molecular formula is C19H23N3O2. The summed E-state index contributed by atoms with van der Waals surface area (Å²) in [5.74, 6) is 0.693. The van der Waals surface area contributed by atoms with E-state index < -0.39 is 0 Å². The average molecular weight is 325 g/mol. The van der Waals surface area contributed by atoms with E-state index in [0.717, 1.165) is 36.3 Å². The van der Waals surface area contributed by atoms with Crippen LogP contribution < -0.4 is 5.32 Å². The number of hydrogen-bond acceptors (Lipinski definition) is 4. The zero-order valence-corrected chi connectivity index (χ0v) is 13.7. The summed E-state index contributed by atoms with van der Waals surface area (Å²) in [5, 5.41) is 12.6. The van der Waals surface area contributed by atoms with Gasteiger partial charge < -0.3 is 10.4 Å². The Morgan fingerprint density at radius 1 is 1.21 bits per heavy atom. The summed E-state index contributed by atoms with van der Waals surface area (Å²) >= 11 is 0. The van der Waals surface area contributed by atoms with Crippen molar-refractivity contribution in [1.29, 1.82) is 0 Å². The molecule has 1 aromatic carbocycles. The van der Waals surface area contributed by atoms with Gasteiger partial charge in [0.25, 0.3) is 0 Å². The largest absolute Gasteiger partial charge is 0.393 e. The van der Waals surface area contributed by atoms with Crippen molar-refractivity contribution in [2.75, 3.05) is 6.54 Å². The predicted octanol–water partition coefficient (Wildman–Crippen LogP) is 2.35. The molecule has 0 unspecified atom stereocenters. The Morgan fingerprint density at radius 2 is 2.04 bits per heavy atom. The fraction of sp³-hybridized carbons (Fsp3) is 0.421. The highest BCUT2D eigenvalue weighted by Crippen LogP contribution is 2.24. The van der Waals surface area contributed by atoms with Crippen LogP contribution in [0, 0.1) is 5.92 Å². The highest BCUT2D eigenvalue weighted by Gasteiger charge is 2.25. The molecule has 2 atom stereocenters. The summed E-state index contributed by atoms with van der Waals surface area (Å²) < 4.78 is 0. The Hall–Kier alpha value is -2.27. The molecule has 24 heavy (non-hydrogen) atoms. The number of carbonyl (C=O) groups excluding carboxylic acids is 1. The minimum Gasteiger partial charge on any atom is -0.393 e. The first-order valence-corrected chi connectivity index (χ1v) is 8.55. The Bertz CT molecular complexity index is 675. The van der Waals surface area contributed by atoms with Gasteiger partial charge in [0, 0.05) is 30.6 Å². The van der Waals surface area contributed by atoms with Crippen LogP contribution in [0.15, 0.2) is 42.6 Å². The molecule has 0 bridgehead atoms. The van der Waals surface area contributed by atoms with Gasteiger partial charge in [-0.2, -0.15) is 0 Å². The van der Waals surface area contributed by atoms with Gasteiger partial charge in [-0.3, -0.25) is 4.79 Å². The maximum atomic E-state index is 12.2. The SMILES string of the molecule is O=C(NCCc1nccc(-c2ccccc2)n1)[C@H]1CCC[C@@H](O)C1. The molecule has 0 saturated heterocycles. The maximum Gasteiger partial charge on any atom is 0.223 e. The minimum absolute atomic E-state index is 0.0352. The molecule has 3 rings (SSSR count). The van der Waals surface area contributed by atoms with Crippen molar-refractivity contribution in [3.63, 3.8) is 0 Å². The van der Waals surface area contributed by atoms with Gasteiger partial charge in [-0.05, 0) is 25.3 Å². The molecule has 126 valence electrons. The zero-order chi connectivity index (χ0) is 16.8. The molecule has 1 aliphatic rings. The number of nitrogens with one attached hydrogen (secondary N) is 1. The number of nitrogens with zero attached hydrogens (tertiary/aromatic N) is 2. The molecule has 0 spiro atoms. The molecule has 2 N–H and O–H groups in total. The van der Waals surface area contributed by atoms with Gasteiger partial charge in [0.2, 0.25) is 5.91 Å². The molecular weight excluding hydrogens is 302 g/mol. The highest BCUT2D eigenvalue weighted by atomic mass is 16.3. The summed E-state index contributed by atoms with van der Waals surface area (Å²) in [7, 11) is 0. The molecule has 1 fully saturated rings. The molecule has 5 heteroatoms. The van der Waals surface area contributed by atoms with Crippen LogP contribution in [0.25, 0.3) is 11.3 Å². The van der Waals surface area contributed by atoms with Crippen molar-refractivity contribution in [3.05, 3.63) is 48.4 Å². The van der Waals surface area contributed by atoms with Crippen LogP contribution in [-0.2, 0) is 11.2 Å². The highest BCUT2D eigenvalue weighted by molar-refractivity contribution is 5.78. The van der Waals surface area contributed by atoms with Crippen molar-refractivity contribution in [1.82, 2.24) is 15.3 Å². The van der Waals surface area contributed by atoms with E-state index >= 15 is 0 Å². The molecule has 1 aromatic heterocycles. The molecule has 5 nitrogen and oxygen atoms in total. The molecule has 0 aliphatic heterocycles. The molecule has 0 radical (unpaired) electrons. The topological polar surface area (TPSA) is 75.1 Å². The predicted molar refractivity (Wildman–Crippen MR) is 92.1 cm³/mol. The van der Waals surface area contributed by atoms with Gasteiger partial charge in [0.05, 0.1) is 11.8 Å². The third kappa shape index (κ3) is 4.38. The number of aliphatic hydroxyl groups excluding tert-OH is 1. The number of aromatic nitrogens is 2. The van der Waals surface area contributed by atoms with Crippen molar-refractivity contribution >= 4 is 5.91 Å². The summed E-state index contributed by atoms with van der Waals surface area (Å²) in [4.78, 5) is 21.0. The van der Waals surface area contributed by atoms with Crippen LogP contribution in [0.5, 0.6) is 0 Å². The van der Waals surface area contributed by atoms with Crippen molar-refractivity contribution in [2.45, 2.75) is 38.2 Å². The zero-order valence-electron chi connectivity index (χ0n) is 13.7. The van der Waals surface area contributed by atoms with Crippen molar-refractivity contribution < 1.29 is 9.90 Å². The third-order valence-corrected chi connectivity index (χ3v) is 4.44. The van der Waals surface area contributed by atoms with Crippen LogP contribution in [0.1, 0.15) is 31.5 Å². The van der Waals surface area contributed by atoms with E-state index in [4.69, 9.17) is 0 Å². The van der Waals surface area contributed by atoms with Crippen LogP contribution >= 0.6 is 0 Å². The third-order valence-electron chi connectivity index (χ3n) is 4.44. The second-order valence-corrected chi connectivity index (χ2v) is 6.28. The van der Waals surface area contributed by atoms with Gasteiger partial charge in [-0.1, -0.05) is 36.8 Å². The van der Waals surface area contributed by atoms with Gasteiger partial charge in [0.15, 0.2) is 0 Å². The quantitative estimate of drug-likeness (QED) is 0.885. The summed E-state index contributed by atoms with van der Waals surface area (Å²) in [6.07, 6.45) is 5.19. The number of carbonyl (C=O) groups is 1. The maximum absolute atomic E-state index is 12.2. The Balaban J connectivity index is 1.53. The second-order valence-electron chi connectivity index (χ2n) is 6.28. The van der Waals surface area contributed by atoms with E-state index in [9.17, 15) is 9.90 Å². The lowest BCUT2D eigenvalue weighted by atomic mass is 9.87. The summed E-state index contributed by atoms with van der Waals surface area (Å²) in [6.45, 7) is 0.518. The van der Waals surface area contributed by atoms with Gasteiger partial charge in [0.1, 0.15) is 5.82 Å². The minimum atomic E-state index is -0.333. The molecule has 1 saturated carbocycles. The number of amides is 1. The van der Waals surface area contributed by atoms with Gasteiger partial charge in [-0.25, -0.2) is 9.97 Å². The number of hydrogen-bond donors (Lipinski definition) is 2. The van der Waals surface area contributed by atoms with E-state index in [0.29, 0.717) is 19.4 Å². The molecule has 2 aromatic rings. The monoisotopic (exact) mass is 325 g/mol. The first-order valence-electron chi connectivity index (χ1n) is 8.55.